The second-order valence-corrected chi connectivity index (χ2v) is 6.07. The summed E-state index contributed by atoms with van der Waals surface area (Å²) >= 11 is 0. The highest BCUT2D eigenvalue weighted by Gasteiger charge is 2.20. The highest BCUT2D eigenvalue weighted by molar-refractivity contribution is 5.87. The number of hydrogen-bond acceptors (Lipinski definition) is 3. The standard InChI is InChI=1S/C16H28N2O4/c1-2-3-8-13(16(21)22)18-15(20)11-17-14(19)10-9-12-6-4-5-7-12/h12-13H,2-11H2,1H3,(H,17,19)(H,18,20)(H,21,22). The van der Waals surface area contributed by atoms with E-state index in [2.05, 4.69) is 10.6 Å². The summed E-state index contributed by atoms with van der Waals surface area (Å²) in [6, 6.07) is -0.872. The minimum atomic E-state index is -1.03. The summed E-state index contributed by atoms with van der Waals surface area (Å²) in [6.45, 7) is 1.81. The Bertz CT molecular complexity index is 378. The smallest absolute Gasteiger partial charge is 0.326 e. The fourth-order valence-corrected chi connectivity index (χ4v) is 2.81. The minimum Gasteiger partial charge on any atom is -0.480 e. The second-order valence-electron chi connectivity index (χ2n) is 6.07. The molecule has 6 heteroatoms. The van der Waals surface area contributed by atoms with E-state index in [0.717, 1.165) is 19.3 Å². The molecule has 22 heavy (non-hydrogen) atoms. The highest BCUT2D eigenvalue weighted by atomic mass is 16.4. The Balaban J connectivity index is 2.19. The molecule has 0 spiro atoms. The molecular formula is C16H28N2O4. The van der Waals surface area contributed by atoms with Gasteiger partial charge in [0.05, 0.1) is 6.54 Å². The third-order valence-corrected chi connectivity index (χ3v) is 4.18. The van der Waals surface area contributed by atoms with Crippen LogP contribution in [0.15, 0.2) is 0 Å². The van der Waals surface area contributed by atoms with Crippen molar-refractivity contribution in [2.45, 2.75) is 70.8 Å². The van der Waals surface area contributed by atoms with E-state index in [9.17, 15) is 14.4 Å². The number of aliphatic carboxylic acids is 1. The second kappa shape index (κ2) is 10.2. The quantitative estimate of drug-likeness (QED) is 0.573. The third-order valence-electron chi connectivity index (χ3n) is 4.18. The van der Waals surface area contributed by atoms with Crippen LogP contribution in [0, 0.1) is 5.92 Å². The van der Waals surface area contributed by atoms with Gasteiger partial charge in [-0.3, -0.25) is 9.59 Å². The van der Waals surface area contributed by atoms with Crippen LogP contribution >= 0.6 is 0 Å². The predicted molar refractivity (Wildman–Crippen MR) is 83.3 cm³/mol. The molecule has 0 aromatic carbocycles. The first-order valence-electron chi connectivity index (χ1n) is 8.31. The van der Waals surface area contributed by atoms with Crippen molar-refractivity contribution < 1.29 is 19.5 Å². The molecule has 0 saturated heterocycles. The van der Waals surface area contributed by atoms with Crippen LogP contribution in [0.25, 0.3) is 0 Å². The van der Waals surface area contributed by atoms with Gasteiger partial charge >= 0.3 is 5.97 Å². The van der Waals surface area contributed by atoms with Crippen molar-refractivity contribution >= 4 is 17.8 Å². The SMILES string of the molecule is CCCCC(NC(=O)CNC(=O)CCC1CCCC1)C(=O)O. The van der Waals surface area contributed by atoms with Crippen molar-refractivity contribution in [1.29, 1.82) is 0 Å². The zero-order valence-corrected chi connectivity index (χ0v) is 13.4. The van der Waals surface area contributed by atoms with E-state index in [4.69, 9.17) is 5.11 Å². The summed E-state index contributed by atoms with van der Waals surface area (Å²) in [5.74, 6) is -0.973. The largest absolute Gasteiger partial charge is 0.480 e. The van der Waals surface area contributed by atoms with Crippen LogP contribution in [-0.4, -0.2) is 35.5 Å². The van der Waals surface area contributed by atoms with Crippen LogP contribution in [0.4, 0.5) is 0 Å². The topological polar surface area (TPSA) is 95.5 Å². The number of hydrogen-bond donors (Lipinski definition) is 3. The molecule has 126 valence electrons. The van der Waals surface area contributed by atoms with E-state index < -0.39 is 17.9 Å². The fourth-order valence-electron chi connectivity index (χ4n) is 2.81. The Morgan fingerprint density at radius 2 is 1.86 bits per heavy atom. The molecule has 1 aliphatic rings. The number of carboxylic acids is 1. The maximum atomic E-state index is 11.7. The molecule has 1 unspecified atom stereocenters. The first-order chi connectivity index (χ1) is 10.5. The molecule has 1 rings (SSSR count). The zero-order chi connectivity index (χ0) is 16.4. The first kappa shape index (κ1) is 18.5. The molecule has 0 heterocycles. The maximum absolute atomic E-state index is 11.7. The molecule has 0 bridgehead atoms. The normalized spacial score (nSPS) is 16.2. The molecule has 0 aromatic rings. The average molecular weight is 312 g/mol. The summed E-state index contributed by atoms with van der Waals surface area (Å²) in [5, 5.41) is 14.0. The van der Waals surface area contributed by atoms with Crippen LogP contribution in [0.1, 0.15) is 64.7 Å². The maximum Gasteiger partial charge on any atom is 0.326 e. The Hall–Kier alpha value is -1.59. The summed E-state index contributed by atoms with van der Waals surface area (Å²) in [5.41, 5.74) is 0. The van der Waals surface area contributed by atoms with E-state index in [-0.39, 0.29) is 12.5 Å². The molecule has 1 saturated carbocycles. The number of amides is 2. The van der Waals surface area contributed by atoms with Crippen molar-refractivity contribution in [3.63, 3.8) is 0 Å². The number of carboxylic acid groups (broad SMARTS) is 1. The van der Waals surface area contributed by atoms with Crippen molar-refractivity contribution in [2.75, 3.05) is 6.54 Å². The fraction of sp³-hybridized carbons (Fsp3) is 0.812. The number of carbonyl (C=O) groups excluding carboxylic acids is 2. The van der Waals surface area contributed by atoms with Crippen molar-refractivity contribution in [3.8, 4) is 0 Å². The van der Waals surface area contributed by atoms with E-state index in [1.165, 1.54) is 25.7 Å². The van der Waals surface area contributed by atoms with Crippen LogP contribution in [0.5, 0.6) is 0 Å². The third kappa shape index (κ3) is 7.43. The predicted octanol–water partition coefficient (Wildman–Crippen LogP) is 1.83. The molecule has 6 nitrogen and oxygen atoms in total. The van der Waals surface area contributed by atoms with Gasteiger partial charge in [0.15, 0.2) is 0 Å². The van der Waals surface area contributed by atoms with Crippen molar-refractivity contribution in [3.05, 3.63) is 0 Å². The van der Waals surface area contributed by atoms with Gasteiger partial charge in [-0.1, -0.05) is 45.4 Å². The average Bonchev–Trinajstić information content (AvgIpc) is 3.00. The van der Waals surface area contributed by atoms with Gasteiger partial charge in [0.2, 0.25) is 11.8 Å². The van der Waals surface area contributed by atoms with Crippen molar-refractivity contribution in [2.24, 2.45) is 5.92 Å². The van der Waals surface area contributed by atoms with Crippen LogP contribution in [0.3, 0.4) is 0 Å². The van der Waals surface area contributed by atoms with Crippen LogP contribution in [0.2, 0.25) is 0 Å². The molecular weight excluding hydrogens is 284 g/mol. The number of nitrogens with one attached hydrogen (secondary N) is 2. The lowest BCUT2D eigenvalue weighted by molar-refractivity contribution is -0.142. The Morgan fingerprint density at radius 1 is 1.18 bits per heavy atom. The minimum absolute atomic E-state index is 0.137. The molecule has 1 fully saturated rings. The molecule has 0 aromatic heterocycles. The highest BCUT2D eigenvalue weighted by Crippen LogP contribution is 2.28. The summed E-state index contributed by atoms with van der Waals surface area (Å²) in [6.07, 6.45) is 8.25. The number of carbonyl (C=O) groups is 3. The van der Waals surface area contributed by atoms with Gasteiger partial charge in [-0.15, -0.1) is 0 Å². The summed E-state index contributed by atoms with van der Waals surface area (Å²) in [7, 11) is 0. The monoisotopic (exact) mass is 312 g/mol. The lowest BCUT2D eigenvalue weighted by Gasteiger charge is -2.14. The molecule has 0 radical (unpaired) electrons. The van der Waals surface area contributed by atoms with Crippen LogP contribution in [-0.2, 0) is 14.4 Å². The molecule has 1 aliphatic carbocycles. The Morgan fingerprint density at radius 3 is 2.45 bits per heavy atom. The van der Waals surface area contributed by atoms with Crippen molar-refractivity contribution in [1.82, 2.24) is 10.6 Å². The van der Waals surface area contributed by atoms with E-state index in [1.807, 2.05) is 6.92 Å². The molecule has 3 N–H and O–H groups in total. The van der Waals surface area contributed by atoms with E-state index in [0.29, 0.717) is 18.8 Å². The van der Waals surface area contributed by atoms with Gasteiger partial charge in [0.25, 0.3) is 0 Å². The zero-order valence-electron chi connectivity index (χ0n) is 13.4. The molecule has 1 atom stereocenters. The number of unbranched alkanes of at least 4 members (excludes halogenated alkanes) is 1. The van der Waals surface area contributed by atoms with E-state index >= 15 is 0 Å². The van der Waals surface area contributed by atoms with Gasteiger partial charge < -0.3 is 15.7 Å². The van der Waals surface area contributed by atoms with Gasteiger partial charge in [-0.2, -0.15) is 0 Å². The summed E-state index contributed by atoms with van der Waals surface area (Å²) in [4.78, 5) is 34.4. The first-order valence-corrected chi connectivity index (χ1v) is 8.31. The molecule has 0 aliphatic heterocycles. The lowest BCUT2D eigenvalue weighted by atomic mass is 10.0. The Labute approximate surface area is 132 Å². The van der Waals surface area contributed by atoms with Gasteiger partial charge in [-0.05, 0) is 18.8 Å². The summed E-state index contributed by atoms with van der Waals surface area (Å²) < 4.78 is 0. The number of rotatable bonds is 10. The Kier molecular flexibility index (Phi) is 8.55. The molecule has 2 amide bonds. The van der Waals surface area contributed by atoms with Crippen LogP contribution < -0.4 is 10.6 Å². The van der Waals surface area contributed by atoms with Gasteiger partial charge in [0.1, 0.15) is 6.04 Å². The van der Waals surface area contributed by atoms with Gasteiger partial charge in [-0.25, -0.2) is 4.79 Å². The van der Waals surface area contributed by atoms with Gasteiger partial charge in [0, 0.05) is 6.42 Å². The van der Waals surface area contributed by atoms with E-state index in [1.54, 1.807) is 0 Å². The lowest BCUT2D eigenvalue weighted by Crippen LogP contribution is -2.45.